The molecule has 1 saturated carbocycles. The van der Waals surface area contributed by atoms with Gasteiger partial charge in [-0.1, -0.05) is 31.4 Å². The SMILES string of the molecule is COc1ccc(C(C(=O)NC2CCCCC2)N(Cc2cccnc2)C(=O)c2snc(C(N)=O)c2N)cc1OC. The number of pyridine rings is 1. The molecule has 0 radical (unpaired) electrons. The molecule has 11 nitrogen and oxygen atoms in total. The van der Waals surface area contributed by atoms with Crippen LogP contribution in [0.2, 0.25) is 0 Å². The Morgan fingerprint density at radius 3 is 2.49 bits per heavy atom. The van der Waals surface area contributed by atoms with E-state index in [-0.39, 0.29) is 34.8 Å². The van der Waals surface area contributed by atoms with Gasteiger partial charge < -0.3 is 31.2 Å². The summed E-state index contributed by atoms with van der Waals surface area (Å²) >= 11 is 0.766. The topological polar surface area (TPSA) is 163 Å². The van der Waals surface area contributed by atoms with Crippen molar-refractivity contribution in [2.75, 3.05) is 20.0 Å². The van der Waals surface area contributed by atoms with Gasteiger partial charge in [0, 0.05) is 25.0 Å². The summed E-state index contributed by atoms with van der Waals surface area (Å²) in [5.74, 6) is -0.860. The van der Waals surface area contributed by atoms with Crippen molar-refractivity contribution in [3.63, 3.8) is 0 Å². The highest BCUT2D eigenvalue weighted by Gasteiger charge is 2.36. The number of nitrogen functional groups attached to an aromatic ring is 1. The molecule has 3 amide bonds. The quantitative estimate of drug-likeness (QED) is 0.345. The number of anilines is 1. The number of hydrogen-bond donors (Lipinski definition) is 3. The van der Waals surface area contributed by atoms with Crippen LogP contribution in [0, 0.1) is 0 Å². The highest BCUT2D eigenvalue weighted by Crippen LogP contribution is 2.35. The number of nitrogens with two attached hydrogens (primary N) is 2. The lowest BCUT2D eigenvalue weighted by atomic mass is 9.94. The zero-order valence-electron chi connectivity index (χ0n) is 21.9. The van der Waals surface area contributed by atoms with Crippen LogP contribution in [0.3, 0.4) is 0 Å². The molecule has 2 aromatic heterocycles. The van der Waals surface area contributed by atoms with Gasteiger partial charge in [0.25, 0.3) is 11.8 Å². The van der Waals surface area contributed by atoms with Crippen LogP contribution in [0.5, 0.6) is 11.5 Å². The molecule has 5 N–H and O–H groups in total. The first kappa shape index (κ1) is 27.8. The summed E-state index contributed by atoms with van der Waals surface area (Å²) in [6.07, 6.45) is 8.15. The second kappa shape index (κ2) is 12.6. The van der Waals surface area contributed by atoms with Gasteiger partial charge in [-0.3, -0.25) is 19.4 Å². The Labute approximate surface area is 230 Å². The molecule has 1 fully saturated rings. The summed E-state index contributed by atoms with van der Waals surface area (Å²) in [4.78, 5) is 45.5. The maximum absolute atomic E-state index is 14.1. The third-order valence-electron chi connectivity index (χ3n) is 6.73. The van der Waals surface area contributed by atoms with Crippen molar-refractivity contribution in [3.05, 3.63) is 64.4 Å². The molecule has 0 saturated heterocycles. The summed E-state index contributed by atoms with van der Waals surface area (Å²) in [7, 11) is 3.02. The van der Waals surface area contributed by atoms with Gasteiger partial charge in [0.15, 0.2) is 17.2 Å². The molecule has 1 aliphatic carbocycles. The zero-order valence-corrected chi connectivity index (χ0v) is 22.7. The van der Waals surface area contributed by atoms with Gasteiger partial charge in [-0.25, -0.2) is 0 Å². The van der Waals surface area contributed by atoms with Gasteiger partial charge in [0.1, 0.15) is 10.9 Å². The fourth-order valence-electron chi connectivity index (χ4n) is 4.75. The molecule has 39 heavy (non-hydrogen) atoms. The van der Waals surface area contributed by atoms with Crippen LogP contribution in [0.1, 0.15) is 69.4 Å². The van der Waals surface area contributed by atoms with Crippen molar-refractivity contribution in [1.82, 2.24) is 19.6 Å². The second-order valence-corrected chi connectivity index (χ2v) is 10.1. The maximum atomic E-state index is 14.1. The zero-order chi connectivity index (χ0) is 27.9. The lowest BCUT2D eigenvalue weighted by Gasteiger charge is -2.33. The van der Waals surface area contributed by atoms with Gasteiger partial charge >= 0.3 is 0 Å². The standard InChI is InChI=1S/C27H32N6O5S/c1-37-19-11-10-17(13-20(19)38-2)23(26(35)31-18-8-4-3-5-9-18)33(15-16-7-6-12-30-14-16)27(36)24-21(28)22(25(29)34)32-39-24/h6-7,10-14,18,23H,3-5,8-9,15,28H2,1-2H3,(H2,29,34)(H,31,35). The monoisotopic (exact) mass is 552 g/mol. The number of hydrogen-bond acceptors (Lipinski definition) is 9. The lowest BCUT2D eigenvalue weighted by molar-refractivity contribution is -0.127. The number of nitrogens with zero attached hydrogens (tertiary/aromatic N) is 3. The van der Waals surface area contributed by atoms with Crippen LogP contribution < -0.4 is 26.3 Å². The Morgan fingerprint density at radius 1 is 1.13 bits per heavy atom. The minimum Gasteiger partial charge on any atom is -0.493 e. The molecule has 12 heteroatoms. The summed E-state index contributed by atoms with van der Waals surface area (Å²) in [5.41, 5.74) is 12.4. The Hall–Kier alpha value is -4.19. The lowest BCUT2D eigenvalue weighted by Crippen LogP contribution is -2.46. The van der Waals surface area contributed by atoms with Crippen LogP contribution >= 0.6 is 11.5 Å². The van der Waals surface area contributed by atoms with Gasteiger partial charge in [0.2, 0.25) is 5.91 Å². The van der Waals surface area contributed by atoms with E-state index in [0.29, 0.717) is 22.6 Å². The summed E-state index contributed by atoms with van der Waals surface area (Å²) in [5, 5.41) is 3.16. The average molecular weight is 553 g/mol. The first-order chi connectivity index (χ1) is 18.8. The van der Waals surface area contributed by atoms with Crippen LogP contribution in [-0.2, 0) is 11.3 Å². The van der Waals surface area contributed by atoms with Gasteiger partial charge in [0.05, 0.1) is 19.9 Å². The molecule has 0 aliphatic heterocycles. The smallest absolute Gasteiger partial charge is 0.270 e. The predicted octanol–water partition coefficient (Wildman–Crippen LogP) is 3.07. The third kappa shape index (κ3) is 6.28. The number of ether oxygens (including phenoxy) is 2. The minimum atomic E-state index is -1.07. The number of primary amides is 1. The number of methoxy groups -OCH3 is 2. The Morgan fingerprint density at radius 2 is 1.87 bits per heavy atom. The molecular formula is C27H32N6O5S. The fraction of sp³-hybridized carbons (Fsp3) is 0.370. The minimum absolute atomic E-state index is 0.000763. The number of amides is 3. The van der Waals surface area contributed by atoms with E-state index in [1.807, 2.05) is 6.07 Å². The molecule has 0 spiro atoms. The Bertz CT molecular complexity index is 1330. The van der Waals surface area contributed by atoms with E-state index in [4.69, 9.17) is 20.9 Å². The molecule has 4 rings (SSSR count). The molecule has 0 bridgehead atoms. The second-order valence-electron chi connectivity index (χ2n) is 9.29. The fourth-order valence-corrected chi connectivity index (χ4v) is 5.51. The van der Waals surface area contributed by atoms with Crippen LogP contribution in [0.15, 0.2) is 42.7 Å². The van der Waals surface area contributed by atoms with E-state index in [2.05, 4.69) is 14.7 Å². The molecule has 206 valence electrons. The van der Waals surface area contributed by atoms with E-state index < -0.39 is 17.9 Å². The molecule has 3 aromatic rings. The molecule has 1 aromatic carbocycles. The van der Waals surface area contributed by atoms with E-state index in [1.165, 1.54) is 19.1 Å². The number of carbonyl (C=O) groups excluding carboxylic acids is 3. The van der Waals surface area contributed by atoms with Crippen molar-refractivity contribution in [2.45, 2.75) is 50.7 Å². The summed E-state index contributed by atoms with van der Waals surface area (Å²) in [6, 6.07) is 7.57. The summed E-state index contributed by atoms with van der Waals surface area (Å²) < 4.78 is 14.9. The molecule has 1 unspecified atom stereocenters. The summed E-state index contributed by atoms with van der Waals surface area (Å²) in [6.45, 7) is 0.0347. The van der Waals surface area contributed by atoms with E-state index in [0.717, 1.165) is 43.6 Å². The first-order valence-corrected chi connectivity index (χ1v) is 13.4. The van der Waals surface area contributed by atoms with Gasteiger partial charge in [-0.05, 0) is 53.7 Å². The number of aromatic nitrogens is 2. The van der Waals surface area contributed by atoms with Crippen molar-refractivity contribution in [1.29, 1.82) is 0 Å². The van der Waals surface area contributed by atoms with E-state index in [9.17, 15) is 14.4 Å². The van der Waals surface area contributed by atoms with Crippen LogP contribution in [0.4, 0.5) is 5.69 Å². The largest absolute Gasteiger partial charge is 0.493 e. The average Bonchev–Trinajstić information content (AvgIpc) is 3.34. The van der Waals surface area contributed by atoms with Crippen molar-refractivity contribution < 1.29 is 23.9 Å². The molecular weight excluding hydrogens is 520 g/mol. The normalized spacial score (nSPS) is 14.3. The number of rotatable bonds is 10. The highest BCUT2D eigenvalue weighted by molar-refractivity contribution is 7.09. The number of carbonyl (C=O) groups is 3. The maximum Gasteiger partial charge on any atom is 0.270 e. The van der Waals surface area contributed by atoms with Crippen LogP contribution in [-0.4, -0.2) is 52.2 Å². The van der Waals surface area contributed by atoms with Crippen molar-refractivity contribution in [2.24, 2.45) is 5.73 Å². The molecule has 1 atom stereocenters. The Balaban J connectivity index is 1.82. The van der Waals surface area contributed by atoms with E-state index >= 15 is 0 Å². The molecule has 1 aliphatic rings. The van der Waals surface area contributed by atoms with Crippen molar-refractivity contribution in [3.8, 4) is 11.5 Å². The van der Waals surface area contributed by atoms with Gasteiger partial charge in [-0.2, -0.15) is 4.37 Å². The number of nitrogens with one attached hydrogen (secondary N) is 1. The Kier molecular flexibility index (Phi) is 8.97. The highest BCUT2D eigenvalue weighted by atomic mass is 32.1. The van der Waals surface area contributed by atoms with Gasteiger partial charge in [-0.15, -0.1) is 0 Å². The third-order valence-corrected chi connectivity index (χ3v) is 7.58. The van der Waals surface area contributed by atoms with Crippen molar-refractivity contribution >= 4 is 34.9 Å². The molecule has 2 heterocycles. The first-order valence-electron chi connectivity index (χ1n) is 12.6. The van der Waals surface area contributed by atoms with Crippen LogP contribution in [0.25, 0.3) is 0 Å². The predicted molar refractivity (Wildman–Crippen MR) is 146 cm³/mol. The number of benzene rings is 1. The van der Waals surface area contributed by atoms with E-state index in [1.54, 1.807) is 36.7 Å².